The van der Waals surface area contributed by atoms with Crippen molar-refractivity contribution in [3.8, 4) is 0 Å². The van der Waals surface area contributed by atoms with E-state index in [-0.39, 0.29) is 24.7 Å². The summed E-state index contributed by atoms with van der Waals surface area (Å²) in [5, 5.41) is 18.0. The fraction of sp³-hybridized carbons (Fsp3) is 0.385. The number of hydrogen-bond acceptors (Lipinski definition) is 3. The number of nitrogens with zero attached hydrogens (tertiary/aromatic N) is 2. The predicted molar refractivity (Wildman–Crippen MR) is 71.5 cm³/mol. The van der Waals surface area contributed by atoms with Crippen molar-refractivity contribution in [1.82, 2.24) is 4.90 Å². The molecule has 0 bridgehead atoms. The summed E-state index contributed by atoms with van der Waals surface area (Å²) in [6, 6.07) is 5.97. The number of carboxylic acid groups (broad SMARTS) is 1. The quantitative estimate of drug-likeness (QED) is 0.840. The van der Waals surface area contributed by atoms with Crippen molar-refractivity contribution in [1.29, 1.82) is 0 Å². The van der Waals surface area contributed by atoms with E-state index in [2.05, 4.69) is 0 Å². The van der Waals surface area contributed by atoms with Crippen LogP contribution in [0.5, 0.6) is 0 Å². The van der Waals surface area contributed by atoms with Gasteiger partial charge in [-0.25, -0.2) is 9.59 Å². The zero-order valence-corrected chi connectivity index (χ0v) is 11.0. The van der Waals surface area contributed by atoms with Crippen LogP contribution in [0.1, 0.15) is 17.3 Å². The van der Waals surface area contributed by atoms with Crippen LogP contribution in [0.2, 0.25) is 0 Å². The van der Waals surface area contributed by atoms with Crippen molar-refractivity contribution in [3.05, 3.63) is 29.8 Å². The second-order valence-electron chi connectivity index (χ2n) is 3.97. The SMILES string of the molecule is CCN(CCO)C(=O)N(C)c1ccccc1C(=O)O. The Balaban J connectivity index is 3.02. The summed E-state index contributed by atoms with van der Waals surface area (Å²) in [4.78, 5) is 26.0. The van der Waals surface area contributed by atoms with E-state index in [1.165, 1.54) is 22.9 Å². The highest BCUT2D eigenvalue weighted by molar-refractivity contribution is 6.01. The maximum Gasteiger partial charge on any atom is 0.337 e. The third-order valence-corrected chi connectivity index (χ3v) is 2.80. The van der Waals surface area contributed by atoms with E-state index in [0.29, 0.717) is 12.2 Å². The monoisotopic (exact) mass is 266 g/mol. The molecule has 0 unspecified atom stereocenters. The predicted octanol–water partition coefficient (Wildman–Crippen LogP) is 1.26. The van der Waals surface area contributed by atoms with Gasteiger partial charge < -0.3 is 15.1 Å². The van der Waals surface area contributed by atoms with Gasteiger partial charge in [0.1, 0.15) is 0 Å². The lowest BCUT2D eigenvalue weighted by Crippen LogP contribution is -2.43. The molecule has 0 heterocycles. The molecule has 0 saturated heterocycles. The van der Waals surface area contributed by atoms with Crippen molar-refractivity contribution in [2.75, 3.05) is 31.6 Å². The number of likely N-dealkylation sites (N-methyl/N-ethyl adjacent to an activating group) is 1. The fourth-order valence-electron chi connectivity index (χ4n) is 1.77. The number of rotatable bonds is 5. The zero-order valence-electron chi connectivity index (χ0n) is 11.0. The van der Waals surface area contributed by atoms with Gasteiger partial charge in [-0.3, -0.25) is 4.90 Å². The van der Waals surface area contributed by atoms with E-state index < -0.39 is 5.97 Å². The Kier molecular flexibility index (Phi) is 5.32. The minimum Gasteiger partial charge on any atom is -0.478 e. The minimum absolute atomic E-state index is 0.0680. The summed E-state index contributed by atoms with van der Waals surface area (Å²) in [5.74, 6) is -1.08. The van der Waals surface area contributed by atoms with Crippen LogP contribution in [-0.4, -0.2) is 53.9 Å². The number of para-hydroxylation sites is 1. The van der Waals surface area contributed by atoms with Crippen molar-refractivity contribution in [2.24, 2.45) is 0 Å². The summed E-state index contributed by atoms with van der Waals surface area (Å²) in [5.41, 5.74) is 0.398. The molecule has 0 aliphatic heterocycles. The largest absolute Gasteiger partial charge is 0.478 e. The van der Waals surface area contributed by atoms with Crippen LogP contribution >= 0.6 is 0 Å². The van der Waals surface area contributed by atoms with Crippen LogP contribution < -0.4 is 4.90 Å². The van der Waals surface area contributed by atoms with Crippen LogP contribution in [0.4, 0.5) is 10.5 Å². The first-order valence-electron chi connectivity index (χ1n) is 5.98. The Labute approximate surface area is 111 Å². The standard InChI is InChI=1S/C13H18N2O4/c1-3-15(8-9-16)13(19)14(2)11-7-5-4-6-10(11)12(17)18/h4-7,16H,3,8-9H2,1-2H3,(H,17,18). The molecule has 0 fully saturated rings. The van der Waals surface area contributed by atoms with Crippen LogP contribution in [-0.2, 0) is 0 Å². The van der Waals surface area contributed by atoms with E-state index in [9.17, 15) is 9.59 Å². The topological polar surface area (TPSA) is 81.1 Å². The van der Waals surface area contributed by atoms with E-state index in [1.54, 1.807) is 25.1 Å². The molecule has 0 saturated carbocycles. The Morgan fingerprint density at radius 2 is 1.89 bits per heavy atom. The number of anilines is 1. The number of urea groups is 1. The van der Waals surface area contributed by atoms with Crippen LogP contribution in [0.25, 0.3) is 0 Å². The molecule has 0 aliphatic carbocycles. The highest BCUT2D eigenvalue weighted by Gasteiger charge is 2.21. The number of carboxylic acids is 1. The molecule has 0 spiro atoms. The first-order chi connectivity index (χ1) is 9.02. The number of amides is 2. The maximum atomic E-state index is 12.2. The summed E-state index contributed by atoms with van der Waals surface area (Å²) in [7, 11) is 1.52. The fourth-order valence-corrected chi connectivity index (χ4v) is 1.77. The molecule has 2 N–H and O–H groups in total. The van der Waals surface area contributed by atoms with Gasteiger partial charge in [-0.15, -0.1) is 0 Å². The van der Waals surface area contributed by atoms with Crippen molar-refractivity contribution >= 4 is 17.7 Å². The molecular weight excluding hydrogens is 248 g/mol. The summed E-state index contributed by atoms with van der Waals surface area (Å²) in [6.07, 6.45) is 0. The Bertz CT molecular complexity index is 462. The second-order valence-corrected chi connectivity index (χ2v) is 3.97. The Hall–Kier alpha value is -2.08. The molecule has 19 heavy (non-hydrogen) atoms. The van der Waals surface area contributed by atoms with Gasteiger partial charge in [-0.05, 0) is 19.1 Å². The molecule has 0 aliphatic rings. The van der Waals surface area contributed by atoms with Gasteiger partial charge in [0, 0.05) is 20.1 Å². The average molecular weight is 266 g/mol. The molecule has 0 atom stereocenters. The molecule has 0 radical (unpaired) electrons. The molecule has 1 rings (SSSR count). The first-order valence-corrected chi connectivity index (χ1v) is 5.98. The summed E-state index contributed by atoms with van der Waals surface area (Å²) >= 11 is 0. The number of aliphatic hydroxyl groups excluding tert-OH is 1. The highest BCUT2D eigenvalue weighted by Crippen LogP contribution is 2.20. The Morgan fingerprint density at radius 1 is 1.26 bits per heavy atom. The summed E-state index contributed by atoms with van der Waals surface area (Å²) in [6.45, 7) is 2.33. The zero-order chi connectivity index (χ0) is 14.4. The van der Waals surface area contributed by atoms with Gasteiger partial charge in [-0.1, -0.05) is 12.1 Å². The van der Waals surface area contributed by atoms with Gasteiger partial charge in [0.05, 0.1) is 17.9 Å². The molecule has 2 amide bonds. The molecular formula is C13H18N2O4. The summed E-state index contributed by atoms with van der Waals surface area (Å²) < 4.78 is 0. The van der Waals surface area contributed by atoms with E-state index in [1.807, 2.05) is 0 Å². The number of aliphatic hydroxyl groups is 1. The number of benzene rings is 1. The molecule has 1 aromatic rings. The lowest BCUT2D eigenvalue weighted by molar-refractivity contribution is 0.0697. The third-order valence-electron chi connectivity index (χ3n) is 2.80. The van der Waals surface area contributed by atoms with Crippen LogP contribution in [0, 0.1) is 0 Å². The van der Waals surface area contributed by atoms with Gasteiger partial charge in [0.15, 0.2) is 0 Å². The van der Waals surface area contributed by atoms with Gasteiger partial charge in [-0.2, -0.15) is 0 Å². The number of carbonyl (C=O) groups is 2. The van der Waals surface area contributed by atoms with E-state index in [0.717, 1.165) is 0 Å². The maximum absolute atomic E-state index is 12.2. The van der Waals surface area contributed by atoms with Gasteiger partial charge in [0.2, 0.25) is 0 Å². The minimum atomic E-state index is -1.08. The number of aromatic carboxylic acids is 1. The first kappa shape index (κ1) is 15.0. The van der Waals surface area contributed by atoms with E-state index in [4.69, 9.17) is 10.2 Å². The third kappa shape index (κ3) is 3.45. The number of hydrogen-bond donors (Lipinski definition) is 2. The lowest BCUT2D eigenvalue weighted by atomic mass is 10.1. The molecule has 6 nitrogen and oxygen atoms in total. The lowest BCUT2D eigenvalue weighted by Gasteiger charge is -2.27. The van der Waals surface area contributed by atoms with Crippen molar-refractivity contribution in [3.63, 3.8) is 0 Å². The smallest absolute Gasteiger partial charge is 0.337 e. The Morgan fingerprint density at radius 3 is 2.42 bits per heavy atom. The van der Waals surface area contributed by atoms with Crippen molar-refractivity contribution < 1.29 is 19.8 Å². The van der Waals surface area contributed by atoms with Crippen molar-refractivity contribution in [2.45, 2.75) is 6.92 Å². The van der Waals surface area contributed by atoms with Gasteiger partial charge in [0.25, 0.3) is 0 Å². The normalized spacial score (nSPS) is 10.1. The molecule has 1 aromatic carbocycles. The van der Waals surface area contributed by atoms with Gasteiger partial charge >= 0.3 is 12.0 Å². The second kappa shape index (κ2) is 6.75. The van der Waals surface area contributed by atoms with Crippen LogP contribution in [0.15, 0.2) is 24.3 Å². The number of carbonyl (C=O) groups excluding carboxylic acids is 1. The van der Waals surface area contributed by atoms with E-state index >= 15 is 0 Å². The molecule has 104 valence electrons. The average Bonchev–Trinajstić information content (AvgIpc) is 2.43. The van der Waals surface area contributed by atoms with Crippen LogP contribution in [0.3, 0.4) is 0 Å². The molecule has 0 aromatic heterocycles. The highest BCUT2D eigenvalue weighted by atomic mass is 16.4. The molecule has 6 heteroatoms.